The van der Waals surface area contributed by atoms with Crippen molar-refractivity contribution in [2.24, 2.45) is 5.92 Å². The molecule has 9 heteroatoms. The first kappa shape index (κ1) is 27.4. The number of benzene rings is 2. The maximum absolute atomic E-state index is 11.6. The van der Waals surface area contributed by atoms with Crippen LogP contribution in [0.1, 0.15) is 41.0 Å². The second-order valence-electron chi connectivity index (χ2n) is 11.1. The molecule has 36 heavy (non-hydrogen) atoms. The van der Waals surface area contributed by atoms with Crippen molar-refractivity contribution in [3.63, 3.8) is 0 Å². The van der Waals surface area contributed by atoms with Gasteiger partial charge in [0, 0.05) is 5.92 Å². The van der Waals surface area contributed by atoms with Crippen LogP contribution in [0.4, 0.5) is 0 Å². The van der Waals surface area contributed by atoms with Crippen molar-refractivity contribution in [3.05, 3.63) is 60.7 Å². The Kier molecular flexibility index (Phi) is 7.84. The standard InChI is InChI=1S/C27H38O7SSi/c1-26(2,3)36(20-13-9-7-10-14-20,21-15-11-8-12-16-21)31-19-23-22(17-18-30-35(6,28)29)24-25(32-23)34-27(4,5)33-24/h7-16,22-25H,17-19H2,1-6H3/t22-,23+,24-,25-/m0/s1. The number of fused-ring (bicyclic) bond motifs is 1. The van der Waals surface area contributed by atoms with Crippen molar-refractivity contribution < 1.29 is 31.2 Å². The molecule has 2 aliphatic heterocycles. The summed E-state index contributed by atoms with van der Waals surface area (Å²) >= 11 is 0. The molecule has 0 radical (unpaired) electrons. The normalized spacial score (nSPS) is 26.2. The number of ether oxygens (including phenoxy) is 3. The van der Waals surface area contributed by atoms with Crippen LogP contribution in [0.3, 0.4) is 0 Å². The van der Waals surface area contributed by atoms with Gasteiger partial charge in [-0.1, -0.05) is 81.4 Å². The minimum absolute atomic E-state index is 0.0512. The zero-order valence-corrected chi connectivity index (χ0v) is 23.8. The fourth-order valence-electron chi connectivity index (χ4n) is 5.45. The minimum Gasteiger partial charge on any atom is -0.405 e. The highest BCUT2D eigenvalue weighted by molar-refractivity contribution is 7.85. The topological polar surface area (TPSA) is 80.3 Å². The number of rotatable bonds is 9. The molecule has 2 fully saturated rings. The van der Waals surface area contributed by atoms with Gasteiger partial charge in [-0.25, -0.2) is 0 Å². The van der Waals surface area contributed by atoms with Gasteiger partial charge >= 0.3 is 0 Å². The molecule has 7 nitrogen and oxygen atoms in total. The fraction of sp³-hybridized carbons (Fsp3) is 0.556. The van der Waals surface area contributed by atoms with Gasteiger partial charge in [0.25, 0.3) is 18.4 Å². The van der Waals surface area contributed by atoms with Crippen molar-refractivity contribution in [2.75, 3.05) is 19.5 Å². The molecule has 0 amide bonds. The van der Waals surface area contributed by atoms with Crippen LogP contribution in [-0.4, -0.2) is 60.5 Å². The lowest BCUT2D eigenvalue weighted by Gasteiger charge is -2.43. The van der Waals surface area contributed by atoms with Crippen LogP contribution in [0.25, 0.3) is 0 Å². The largest absolute Gasteiger partial charge is 0.405 e. The van der Waals surface area contributed by atoms with E-state index < -0.39 is 30.5 Å². The molecule has 4 rings (SSSR count). The molecule has 2 saturated heterocycles. The SMILES string of the molecule is CC1(C)O[C@@H]2O[C@H](CO[Si](c3ccccc3)(c3ccccc3)C(C)(C)C)[C@H](CCOS(C)(=O)=O)[C@@H]2O1. The van der Waals surface area contributed by atoms with Crippen LogP contribution in [0.15, 0.2) is 60.7 Å². The Morgan fingerprint density at radius 2 is 1.50 bits per heavy atom. The Labute approximate surface area is 216 Å². The third kappa shape index (κ3) is 5.77. The maximum atomic E-state index is 11.6. The summed E-state index contributed by atoms with van der Waals surface area (Å²) in [7, 11) is -6.30. The van der Waals surface area contributed by atoms with Crippen molar-refractivity contribution in [2.45, 2.75) is 70.4 Å². The van der Waals surface area contributed by atoms with Crippen LogP contribution < -0.4 is 10.4 Å². The number of hydrogen-bond acceptors (Lipinski definition) is 7. The molecule has 0 saturated carbocycles. The summed E-state index contributed by atoms with van der Waals surface area (Å²) in [5.41, 5.74) is 0. The second-order valence-corrected chi connectivity index (χ2v) is 17.0. The first-order chi connectivity index (χ1) is 16.8. The molecule has 2 aliphatic rings. The zero-order chi connectivity index (χ0) is 26.2. The van der Waals surface area contributed by atoms with E-state index >= 15 is 0 Å². The van der Waals surface area contributed by atoms with Crippen LogP contribution in [0.2, 0.25) is 5.04 Å². The molecular weight excluding hydrogens is 496 g/mol. The molecule has 0 aromatic heterocycles. The molecule has 0 spiro atoms. The van der Waals surface area contributed by atoms with Gasteiger partial charge in [0.2, 0.25) is 0 Å². The van der Waals surface area contributed by atoms with Gasteiger partial charge in [0.1, 0.15) is 6.10 Å². The summed E-state index contributed by atoms with van der Waals surface area (Å²) in [6, 6.07) is 20.9. The van der Waals surface area contributed by atoms with E-state index in [0.29, 0.717) is 13.0 Å². The highest BCUT2D eigenvalue weighted by Gasteiger charge is 2.56. The number of hydrogen-bond donors (Lipinski definition) is 0. The van der Waals surface area contributed by atoms with Crippen LogP contribution in [0, 0.1) is 5.92 Å². The monoisotopic (exact) mass is 534 g/mol. The smallest absolute Gasteiger partial charge is 0.264 e. The van der Waals surface area contributed by atoms with E-state index in [1.54, 1.807) is 0 Å². The van der Waals surface area contributed by atoms with Gasteiger partial charge in [-0.2, -0.15) is 8.42 Å². The molecule has 2 aromatic rings. The van der Waals surface area contributed by atoms with Gasteiger partial charge in [0.05, 0.1) is 25.6 Å². The first-order valence-corrected chi connectivity index (χ1v) is 16.2. The van der Waals surface area contributed by atoms with E-state index in [9.17, 15) is 8.42 Å². The van der Waals surface area contributed by atoms with E-state index in [0.717, 1.165) is 6.26 Å². The third-order valence-electron chi connectivity index (χ3n) is 6.93. The fourth-order valence-corrected chi connectivity index (χ4v) is 10.4. The van der Waals surface area contributed by atoms with E-state index in [1.165, 1.54) is 10.4 Å². The molecule has 0 N–H and O–H groups in total. The summed E-state index contributed by atoms with van der Waals surface area (Å²) in [5.74, 6) is -0.911. The van der Waals surface area contributed by atoms with Gasteiger partial charge < -0.3 is 18.6 Å². The Hall–Kier alpha value is -1.59. The van der Waals surface area contributed by atoms with Crippen molar-refractivity contribution in [1.29, 1.82) is 0 Å². The van der Waals surface area contributed by atoms with Gasteiger partial charge in [-0.15, -0.1) is 0 Å². The van der Waals surface area contributed by atoms with E-state index in [-0.39, 0.29) is 29.8 Å². The minimum atomic E-state index is -3.54. The summed E-state index contributed by atoms with van der Waals surface area (Å²) in [6.45, 7) is 10.8. The maximum Gasteiger partial charge on any atom is 0.264 e. The van der Waals surface area contributed by atoms with E-state index in [1.807, 2.05) is 26.0 Å². The molecule has 2 heterocycles. The zero-order valence-electron chi connectivity index (χ0n) is 22.0. The highest BCUT2D eigenvalue weighted by Crippen LogP contribution is 2.43. The predicted octanol–water partition coefficient (Wildman–Crippen LogP) is 3.42. The van der Waals surface area contributed by atoms with Crippen LogP contribution in [-0.2, 0) is 32.9 Å². The van der Waals surface area contributed by atoms with Crippen LogP contribution in [0.5, 0.6) is 0 Å². The van der Waals surface area contributed by atoms with Gasteiger partial charge in [-0.05, 0) is 35.7 Å². The second kappa shape index (κ2) is 10.3. The summed E-state index contributed by atoms with van der Waals surface area (Å²) in [4.78, 5) is 0. The lowest BCUT2D eigenvalue weighted by molar-refractivity contribution is -0.213. The molecule has 0 bridgehead atoms. The Balaban J connectivity index is 1.64. The third-order valence-corrected chi connectivity index (χ3v) is 12.5. The Morgan fingerprint density at radius 3 is 2.00 bits per heavy atom. The van der Waals surface area contributed by atoms with E-state index in [4.69, 9.17) is 22.8 Å². The Morgan fingerprint density at radius 1 is 0.944 bits per heavy atom. The molecule has 2 aromatic carbocycles. The molecule has 4 atom stereocenters. The first-order valence-electron chi connectivity index (χ1n) is 12.4. The predicted molar refractivity (Wildman–Crippen MR) is 141 cm³/mol. The average Bonchev–Trinajstić information content (AvgIpc) is 3.25. The summed E-state index contributed by atoms with van der Waals surface area (Å²) in [6.07, 6.45) is 0.318. The van der Waals surface area contributed by atoms with Crippen molar-refractivity contribution in [1.82, 2.24) is 0 Å². The lowest BCUT2D eigenvalue weighted by atomic mass is 9.95. The van der Waals surface area contributed by atoms with Gasteiger partial charge in [-0.3, -0.25) is 4.18 Å². The molecule has 198 valence electrons. The van der Waals surface area contributed by atoms with Gasteiger partial charge in [0.15, 0.2) is 12.1 Å². The lowest BCUT2D eigenvalue weighted by Crippen LogP contribution is -2.67. The van der Waals surface area contributed by atoms with E-state index in [2.05, 4.69) is 69.3 Å². The summed E-state index contributed by atoms with van der Waals surface area (Å²) < 4.78 is 53.8. The molecule has 0 unspecified atom stereocenters. The van der Waals surface area contributed by atoms with Crippen molar-refractivity contribution in [3.8, 4) is 0 Å². The van der Waals surface area contributed by atoms with Crippen LogP contribution >= 0.6 is 0 Å². The highest BCUT2D eigenvalue weighted by atomic mass is 32.2. The Bertz CT molecular complexity index is 1080. The molecule has 0 aliphatic carbocycles. The average molecular weight is 535 g/mol. The molecular formula is C27H38O7SSi. The quantitative estimate of drug-likeness (QED) is 0.360. The van der Waals surface area contributed by atoms with Crippen molar-refractivity contribution >= 4 is 28.8 Å². The summed E-state index contributed by atoms with van der Waals surface area (Å²) in [5, 5.41) is 2.20.